The van der Waals surface area contributed by atoms with E-state index in [2.05, 4.69) is 22.0 Å². The summed E-state index contributed by atoms with van der Waals surface area (Å²) in [5, 5.41) is 0. The molecule has 0 amide bonds. The molecule has 1 aromatic rings. The number of allylic oxidation sites excluding steroid dienone is 6. The molecular formula is C12H9BrOS. The Morgan fingerprint density at radius 2 is 2.20 bits per heavy atom. The minimum atomic E-state index is -0.0952. The van der Waals surface area contributed by atoms with E-state index in [1.165, 1.54) is 4.88 Å². The van der Waals surface area contributed by atoms with Crippen LogP contribution in [0, 0.1) is 5.92 Å². The van der Waals surface area contributed by atoms with Crippen LogP contribution in [0.4, 0.5) is 0 Å². The Bertz CT molecular complexity index is 454. The highest BCUT2D eigenvalue weighted by atomic mass is 79.9. The molecule has 0 bridgehead atoms. The zero-order valence-electron chi connectivity index (χ0n) is 7.89. The average Bonchev–Trinajstić information content (AvgIpc) is 2.54. The van der Waals surface area contributed by atoms with Gasteiger partial charge in [-0.25, -0.2) is 0 Å². The van der Waals surface area contributed by atoms with Gasteiger partial charge in [-0.3, -0.25) is 0 Å². The summed E-state index contributed by atoms with van der Waals surface area (Å²) in [6.07, 6.45) is 10.7. The van der Waals surface area contributed by atoms with E-state index in [4.69, 9.17) is 0 Å². The van der Waals surface area contributed by atoms with Crippen LogP contribution in [0.3, 0.4) is 0 Å². The van der Waals surface area contributed by atoms with Crippen LogP contribution in [0.15, 0.2) is 46.3 Å². The second-order valence-electron chi connectivity index (χ2n) is 3.18. The third kappa shape index (κ3) is 2.55. The van der Waals surface area contributed by atoms with E-state index in [1.807, 2.05) is 36.4 Å². The van der Waals surface area contributed by atoms with Gasteiger partial charge in [0.25, 0.3) is 0 Å². The molecule has 15 heavy (non-hydrogen) atoms. The van der Waals surface area contributed by atoms with Crippen LogP contribution in [0.25, 0.3) is 5.57 Å². The number of hydrogen-bond acceptors (Lipinski definition) is 2. The van der Waals surface area contributed by atoms with Crippen molar-refractivity contribution in [2.24, 2.45) is 5.92 Å². The zero-order valence-corrected chi connectivity index (χ0v) is 10.3. The summed E-state index contributed by atoms with van der Waals surface area (Å²) in [5.74, 6) is -0.0952. The van der Waals surface area contributed by atoms with Gasteiger partial charge < -0.3 is 4.79 Å². The van der Waals surface area contributed by atoms with Crippen molar-refractivity contribution < 1.29 is 4.79 Å². The highest BCUT2D eigenvalue weighted by Gasteiger charge is 2.05. The predicted molar refractivity (Wildman–Crippen MR) is 67.8 cm³/mol. The van der Waals surface area contributed by atoms with Crippen LogP contribution in [-0.2, 0) is 4.79 Å². The topological polar surface area (TPSA) is 17.1 Å². The smallest absolute Gasteiger partial charge is 0.130 e. The van der Waals surface area contributed by atoms with E-state index >= 15 is 0 Å². The van der Waals surface area contributed by atoms with Crippen LogP contribution in [0.5, 0.6) is 0 Å². The fourth-order valence-electron chi connectivity index (χ4n) is 1.35. The molecule has 0 aromatic carbocycles. The molecule has 1 heterocycles. The maximum absolute atomic E-state index is 10.6. The Morgan fingerprint density at radius 1 is 1.33 bits per heavy atom. The molecule has 0 aliphatic heterocycles. The maximum atomic E-state index is 10.6. The zero-order chi connectivity index (χ0) is 10.7. The Kier molecular flexibility index (Phi) is 3.34. The first kappa shape index (κ1) is 10.6. The summed E-state index contributed by atoms with van der Waals surface area (Å²) in [4.78, 5) is 11.8. The maximum Gasteiger partial charge on any atom is 0.130 e. The highest BCUT2D eigenvalue weighted by molar-refractivity contribution is 9.11. The third-order valence-electron chi connectivity index (χ3n) is 2.12. The van der Waals surface area contributed by atoms with Gasteiger partial charge in [0.15, 0.2) is 0 Å². The van der Waals surface area contributed by atoms with Crippen LogP contribution in [-0.4, -0.2) is 6.29 Å². The van der Waals surface area contributed by atoms with Crippen LogP contribution >= 0.6 is 27.3 Å². The van der Waals surface area contributed by atoms with Gasteiger partial charge >= 0.3 is 0 Å². The molecule has 0 fully saturated rings. The van der Waals surface area contributed by atoms with Crippen molar-refractivity contribution in [2.75, 3.05) is 0 Å². The van der Waals surface area contributed by atoms with Gasteiger partial charge in [-0.15, -0.1) is 11.3 Å². The van der Waals surface area contributed by atoms with E-state index in [-0.39, 0.29) is 5.92 Å². The molecule has 2 rings (SSSR count). The van der Waals surface area contributed by atoms with Gasteiger partial charge in [0, 0.05) is 4.88 Å². The number of carbonyl (C=O) groups is 1. The first-order chi connectivity index (χ1) is 7.29. The van der Waals surface area contributed by atoms with Gasteiger partial charge in [-0.2, -0.15) is 0 Å². The van der Waals surface area contributed by atoms with E-state index < -0.39 is 0 Å². The molecule has 0 saturated carbocycles. The number of aldehydes is 1. The van der Waals surface area contributed by atoms with Crippen LogP contribution in [0.2, 0.25) is 0 Å². The molecule has 0 spiro atoms. The van der Waals surface area contributed by atoms with E-state index in [9.17, 15) is 4.79 Å². The molecule has 1 nitrogen and oxygen atoms in total. The molecule has 0 radical (unpaired) electrons. The molecule has 1 aromatic heterocycles. The molecule has 3 heteroatoms. The van der Waals surface area contributed by atoms with Crippen molar-refractivity contribution in [3.63, 3.8) is 0 Å². The minimum Gasteiger partial charge on any atom is -0.302 e. The van der Waals surface area contributed by atoms with Crippen molar-refractivity contribution in [1.29, 1.82) is 0 Å². The number of thiophene rings is 1. The second kappa shape index (κ2) is 4.73. The standard InChI is InChI=1S/C12H9BrOS/c13-12-7-6-11(15-12)10-3-1-2-9(8-14)4-5-10/h1-9H. The molecular weight excluding hydrogens is 272 g/mol. The molecule has 1 aliphatic carbocycles. The van der Waals surface area contributed by atoms with Crippen molar-refractivity contribution in [3.8, 4) is 0 Å². The Balaban J connectivity index is 2.28. The normalized spacial score (nSPS) is 19.8. The van der Waals surface area contributed by atoms with Gasteiger partial charge in [-0.1, -0.05) is 30.4 Å². The monoisotopic (exact) mass is 280 g/mol. The Morgan fingerprint density at radius 3 is 2.87 bits per heavy atom. The van der Waals surface area contributed by atoms with E-state index in [0.29, 0.717) is 0 Å². The van der Waals surface area contributed by atoms with Crippen molar-refractivity contribution in [2.45, 2.75) is 0 Å². The van der Waals surface area contributed by atoms with Gasteiger partial charge in [0.1, 0.15) is 6.29 Å². The lowest BCUT2D eigenvalue weighted by atomic mass is 10.1. The summed E-state index contributed by atoms with van der Waals surface area (Å²) in [6.45, 7) is 0. The fourth-order valence-corrected chi connectivity index (χ4v) is 2.74. The number of carbonyl (C=O) groups excluding carboxylic acids is 1. The average molecular weight is 281 g/mol. The van der Waals surface area contributed by atoms with Crippen molar-refractivity contribution in [3.05, 3.63) is 51.2 Å². The first-order valence-corrected chi connectivity index (χ1v) is 6.18. The van der Waals surface area contributed by atoms with Crippen molar-refractivity contribution in [1.82, 2.24) is 0 Å². The molecule has 76 valence electrons. The lowest BCUT2D eigenvalue weighted by Crippen LogP contribution is -1.90. The number of halogens is 1. The van der Waals surface area contributed by atoms with Crippen molar-refractivity contribution >= 4 is 39.1 Å². The van der Waals surface area contributed by atoms with Gasteiger partial charge in [0.05, 0.1) is 9.70 Å². The Hall–Kier alpha value is -0.930. The lowest BCUT2D eigenvalue weighted by molar-refractivity contribution is -0.108. The molecule has 0 saturated heterocycles. The third-order valence-corrected chi connectivity index (χ3v) is 3.79. The van der Waals surface area contributed by atoms with Crippen LogP contribution < -0.4 is 0 Å². The summed E-state index contributed by atoms with van der Waals surface area (Å²) in [5.41, 5.74) is 1.14. The number of rotatable bonds is 2. The lowest BCUT2D eigenvalue weighted by Gasteiger charge is -1.95. The predicted octanol–water partition coefficient (Wildman–Crippen LogP) is 3.84. The fraction of sp³-hybridized carbons (Fsp3) is 0.0833. The molecule has 0 N–H and O–H groups in total. The first-order valence-electron chi connectivity index (χ1n) is 4.57. The van der Waals surface area contributed by atoms with E-state index in [1.54, 1.807) is 11.3 Å². The molecule has 1 aliphatic rings. The SMILES string of the molecule is O=CC1C=CC=C(c2ccc(Br)s2)C=C1. The molecule has 1 atom stereocenters. The quantitative estimate of drug-likeness (QED) is 0.753. The molecule has 1 unspecified atom stereocenters. The van der Waals surface area contributed by atoms with Gasteiger partial charge in [0.2, 0.25) is 0 Å². The largest absolute Gasteiger partial charge is 0.302 e. The second-order valence-corrected chi connectivity index (χ2v) is 5.65. The highest BCUT2D eigenvalue weighted by Crippen LogP contribution is 2.29. The number of hydrogen-bond donors (Lipinski definition) is 0. The summed E-state index contributed by atoms with van der Waals surface area (Å²) >= 11 is 5.12. The summed E-state index contributed by atoms with van der Waals surface area (Å²) in [6, 6.07) is 4.10. The summed E-state index contributed by atoms with van der Waals surface area (Å²) < 4.78 is 1.12. The van der Waals surface area contributed by atoms with Crippen LogP contribution in [0.1, 0.15) is 4.88 Å². The minimum absolute atomic E-state index is 0.0952. The summed E-state index contributed by atoms with van der Waals surface area (Å²) in [7, 11) is 0. The van der Waals surface area contributed by atoms with E-state index in [0.717, 1.165) is 15.6 Å². The van der Waals surface area contributed by atoms with Gasteiger partial charge in [-0.05, 0) is 33.6 Å². The Labute approximate surface area is 101 Å².